The van der Waals surface area contributed by atoms with Gasteiger partial charge in [-0.05, 0) is 55.3 Å². The first kappa shape index (κ1) is 17.4. The zero-order valence-electron chi connectivity index (χ0n) is 14.7. The Morgan fingerprint density at radius 2 is 1.73 bits per heavy atom. The van der Waals surface area contributed by atoms with Crippen LogP contribution < -0.4 is 15.4 Å². The summed E-state index contributed by atoms with van der Waals surface area (Å²) < 4.78 is 5.62. The molecule has 0 bridgehead atoms. The van der Waals surface area contributed by atoms with Crippen LogP contribution in [-0.2, 0) is 6.42 Å². The average Bonchev–Trinajstić information content (AvgIpc) is 2.65. The standard InChI is InChI=1S/C20H20N4O2/c1-3-15-6-4-5-7-18(15)22-20(25)21-16-9-11-17(12-10-16)26-19-13-8-14(2)23-24-19/h4-13H,3H2,1-2H3,(H2,21,22,25). The smallest absolute Gasteiger partial charge is 0.323 e. The molecular weight excluding hydrogens is 328 g/mol. The highest BCUT2D eigenvalue weighted by Crippen LogP contribution is 2.21. The number of carbonyl (C=O) groups is 1. The number of hydrogen-bond acceptors (Lipinski definition) is 4. The maximum atomic E-state index is 12.2. The molecule has 3 aromatic rings. The molecule has 0 saturated heterocycles. The number of aryl methyl sites for hydroxylation is 2. The highest BCUT2D eigenvalue weighted by atomic mass is 16.5. The van der Waals surface area contributed by atoms with Crippen LogP contribution in [0.25, 0.3) is 0 Å². The van der Waals surface area contributed by atoms with E-state index in [1.807, 2.05) is 37.3 Å². The summed E-state index contributed by atoms with van der Waals surface area (Å²) in [7, 11) is 0. The first-order chi connectivity index (χ1) is 12.6. The molecule has 0 aliphatic carbocycles. The molecular formula is C20H20N4O2. The van der Waals surface area contributed by atoms with E-state index in [0.29, 0.717) is 17.3 Å². The number of rotatable bonds is 5. The largest absolute Gasteiger partial charge is 0.438 e. The Morgan fingerprint density at radius 1 is 0.962 bits per heavy atom. The van der Waals surface area contributed by atoms with Crippen LogP contribution in [0.15, 0.2) is 60.7 Å². The van der Waals surface area contributed by atoms with E-state index < -0.39 is 0 Å². The van der Waals surface area contributed by atoms with E-state index in [4.69, 9.17) is 4.74 Å². The number of nitrogens with zero attached hydrogens (tertiary/aromatic N) is 2. The summed E-state index contributed by atoms with van der Waals surface area (Å²) >= 11 is 0. The second-order valence-electron chi connectivity index (χ2n) is 5.73. The van der Waals surface area contributed by atoms with Gasteiger partial charge in [-0.15, -0.1) is 5.10 Å². The highest BCUT2D eigenvalue weighted by molar-refractivity contribution is 6.00. The number of hydrogen-bond donors (Lipinski definition) is 2. The van der Waals surface area contributed by atoms with Gasteiger partial charge in [0.25, 0.3) is 0 Å². The van der Waals surface area contributed by atoms with Gasteiger partial charge >= 0.3 is 6.03 Å². The summed E-state index contributed by atoms with van der Waals surface area (Å²) in [6.07, 6.45) is 0.852. The predicted molar refractivity (Wildman–Crippen MR) is 102 cm³/mol. The van der Waals surface area contributed by atoms with Crippen LogP contribution in [0.4, 0.5) is 16.2 Å². The van der Waals surface area contributed by atoms with Gasteiger partial charge in [-0.1, -0.05) is 25.1 Å². The van der Waals surface area contributed by atoms with Crippen molar-refractivity contribution < 1.29 is 9.53 Å². The Balaban J connectivity index is 1.60. The van der Waals surface area contributed by atoms with Crippen molar-refractivity contribution in [3.05, 3.63) is 71.9 Å². The number of aromatic nitrogens is 2. The van der Waals surface area contributed by atoms with Gasteiger partial charge in [-0.25, -0.2) is 4.79 Å². The maximum absolute atomic E-state index is 12.2. The zero-order valence-corrected chi connectivity index (χ0v) is 14.7. The lowest BCUT2D eigenvalue weighted by Crippen LogP contribution is -2.20. The molecule has 6 nitrogen and oxygen atoms in total. The fraction of sp³-hybridized carbons (Fsp3) is 0.150. The number of amides is 2. The normalized spacial score (nSPS) is 10.2. The maximum Gasteiger partial charge on any atom is 0.323 e. The molecule has 0 unspecified atom stereocenters. The van der Waals surface area contributed by atoms with Gasteiger partial charge in [-0.2, -0.15) is 5.10 Å². The Hall–Kier alpha value is -3.41. The van der Waals surface area contributed by atoms with Crippen LogP contribution in [0, 0.1) is 6.92 Å². The van der Waals surface area contributed by atoms with Crippen LogP contribution in [-0.4, -0.2) is 16.2 Å². The average molecular weight is 348 g/mol. The van der Waals surface area contributed by atoms with Crippen LogP contribution >= 0.6 is 0 Å². The second-order valence-corrected chi connectivity index (χ2v) is 5.73. The number of benzene rings is 2. The third-order valence-corrected chi connectivity index (χ3v) is 3.75. The monoisotopic (exact) mass is 348 g/mol. The minimum absolute atomic E-state index is 0.288. The second kappa shape index (κ2) is 8.11. The molecule has 0 fully saturated rings. The Morgan fingerprint density at radius 3 is 2.42 bits per heavy atom. The highest BCUT2D eigenvalue weighted by Gasteiger charge is 2.06. The topological polar surface area (TPSA) is 76.1 Å². The third kappa shape index (κ3) is 4.57. The lowest BCUT2D eigenvalue weighted by atomic mass is 10.1. The molecule has 132 valence electrons. The lowest BCUT2D eigenvalue weighted by Gasteiger charge is -2.11. The molecule has 2 N–H and O–H groups in total. The van der Waals surface area contributed by atoms with Crippen molar-refractivity contribution in [3.63, 3.8) is 0 Å². The van der Waals surface area contributed by atoms with Gasteiger partial charge < -0.3 is 15.4 Å². The number of anilines is 2. The number of carbonyl (C=O) groups excluding carboxylic acids is 1. The summed E-state index contributed by atoms with van der Waals surface area (Å²) in [5, 5.41) is 13.6. The van der Waals surface area contributed by atoms with Crippen molar-refractivity contribution in [2.75, 3.05) is 10.6 Å². The molecule has 26 heavy (non-hydrogen) atoms. The van der Waals surface area contributed by atoms with Crippen LogP contribution in [0.2, 0.25) is 0 Å². The van der Waals surface area contributed by atoms with E-state index >= 15 is 0 Å². The molecule has 0 aliphatic rings. The Bertz CT molecular complexity index is 877. The number of ether oxygens (including phenoxy) is 1. The Labute approximate surface area is 152 Å². The van der Waals surface area contributed by atoms with E-state index in [1.165, 1.54) is 0 Å². The number of urea groups is 1. The minimum Gasteiger partial charge on any atom is -0.438 e. The van der Waals surface area contributed by atoms with Crippen molar-refractivity contribution in [2.45, 2.75) is 20.3 Å². The molecule has 1 heterocycles. The lowest BCUT2D eigenvalue weighted by molar-refractivity contribution is 0.262. The SMILES string of the molecule is CCc1ccccc1NC(=O)Nc1ccc(Oc2ccc(C)nn2)cc1. The predicted octanol–water partition coefficient (Wildman–Crippen LogP) is 4.78. The molecule has 0 spiro atoms. The van der Waals surface area contributed by atoms with Gasteiger partial charge in [0.15, 0.2) is 0 Å². The molecule has 2 amide bonds. The van der Waals surface area contributed by atoms with Gasteiger partial charge in [-0.3, -0.25) is 0 Å². The van der Waals surface area contributed by atoms with Gasteiger partial charge in [0, 0.05) is 17.4 Å². The number of para-hydroxylation sites is 1. The van der Waals surface area contributed by atoms with Crippen LogP contribution in [0.3, 0.4) is 0 Å². The van der Waals surface area contributed by atoms with Crippen molar-refractivity contribution in [1.29, 1.82) is 0 Å². The van der Waals surface area contributed by atoms with Gasteiger partial charge in [0.1, 0.15) is 5.75 Å². The first-order valence-corrected chi connectivity index (χ1v) is 8.38. The fourth-order valence-corrected chi connectivity index (χ4v) is 2.40. The minimum atomic E-state index is -0.288. The van der Waals surface area contributed by atoms with Crippen molar-refractivity contribution >= 4 is 17.4 Å². The third-order valence-electron chi connectivity index (χ3n) is 3.75. The van der Waals surface area contributed by atoms with Crippen molar-refractivity contribution in [2.24, 2.45) is 0 Å². The van der Waals surface area contributed by atoms with Crippen molar-refractivity contribution in [1.82, 2.24) is 10.2 Å². The number of nitrogens with one attached hydrogen (secondary N) is 2. The summed E-state index contributed by atoms with van der Waals surface area (Å²) in [5.41, 5.74) is 3.39. The quantitative estimate of drug-likeness (QED) is 0.695. The first-order valence-electron chi connectivity index (χ1n) is 8.38. The van der Waals surface area contributed by atoms with E-state index in [9.17, 15) is 4.79 Å². The molecule has 3 rings (SSSR count). The van der Waals surface area contributed by atoms with Crippen LogP contribution in [0.5, 0.6) is 11.6 Å². The Kier molecular flexibility index (Phi) is 5.43. The zero-order chi connectivity index (χ0) is 18.4. The van der Waals surface area contributed by atoms with E-state index in [1.54, 1.807) is 30.3 Å². The molecule has 1 aromatic heterocycles. The summed E-state index contributed by atoms with van der Waals surface area (Å²) in [6.45, 7) is 3.91. The molecule has 2 aromatic carbocycles. The van der Waals surface area contributed by atoms with Crippen molar-refractivity contribution in [3.8, 4) is 11.6 Å². The van der Waals surface area contributed by atoms with E-state index in [-0.39, 0.29) is 6.03 Å². The summed E-state index contributed by atoms with van der Waals surface area (Å²) in [6, 6.07) is 18.1. The summed E-state index contributed by atoms with van der Waals surface area (Å²) in [4.78, 5) is 12.2. The van der Waals surface area contributed by atoms with Gasteiger partial charge in [0.2, 0.25) is 5.88 Å². The molecule has 6 heteroatoms. The molecule has 0 atom stereocenters. The molecule has 0 saturated carbocycles. The molecule has 0 radical (unpaired) electrons. The molecule has 0 aliphatic heterocycles. The van der Waals surface area contributed by atoms with E-state index in [0.717, 1.165) is 23.4 Å². The summed E-state index contributed by atoms with van der Waals surface area (Å²) in [5.74, 6) is 1.04. The van der Waals surface area contributed by atoms with Gasteiger partial charge in [0.05, 0.1) is 5.69 Å². The fourth-order valence-electron chi connectivity index (χ4n) is 2.40. The van der Waals surface area contributed by atoms with E-state index in [2.05, 4.69) is 27.8 Å². The van der Waals surface area contributed by atoms with Crippen LogP contribution in [0.1, 0.15) is 18.2 Å².